The first-order chi connectivity index (χ1) is 8.70. The molecule has 0 radical (unpaired) electrons. The Morgan fingerprint density at radius 1 is 1.22 bits per heavy atom. The van der Waals surface area contributed by atoms with Gasteiger partial charge in [-0.3, -0.25) is 0 Å². The molecular weight excluding hydrogens is 224 g/mol. The van der Waals surface area contributed by atoms with Crippen molar-refractivity contribution in [1.29, 1.82) is 0 Å². The molecule has 1 aliphatic rings. The van der Waals surface area contributed by atoms with Gasteiger partial charge in [0.1, 0.15) is 17.5 Å². The van der Waals surface area contributed by atoms with Gasteiger partial charge in [0.25, 0.3) is 0 Å². The second kappa shape index (κ2) is 4.29. The van der Waals surface area contributed by atoms with Gasteiger partial charge in [-0.25, -0.2) is 9.97 Å². The highest BCUT2D eigenvalue weighted by molar-refractivity contribution is 5.59. The molecule has 3 N–H and O–H groups in total. The van der Waals surface area contributed by atoms with E-state index < -0.39 is 0 Å². The van der Waals surface area contributed by atoms with Gasteiger partial charge >= 0.3 is 0 Å². The fourth-order valence-corrected chi connectivity index (χ4v) is 1.94. The van der Waals surface area contributed by atoms with Crippen LogP contribution in [0, 0.1) is 6.92 Å². The second-order valence-electron chi connectivity index (χ2n) is 4.81. The maximum Gasteiger partial charge on any atom is 0.136 e. The summed E-state index contributed by atoms with van der Waals surface area (Å²) in [6.45, 7) is 2.06. The molecule has 1 heterocycles. The lowest BCUT2D eigenvalue weighted by atomic mass is 10.2. The Labute approximate surface area is 106 Å². The summed E-state index contributed by atoms with van der Waals surface area (Å²) in [5.74, 6) is 2.67. The normalized spacial score (nSPS) is 14.5. The lowest BCUT2D eigenvalue weighted by Gasteiger charge is -2.08. The molecule has 0 saturated heterocycles. The van der Waals surface area contributed by atoms with Gasteiger partial charge in [0.05, 0.1) is 0 Å². The van der Waals surface area contributed by atoms with Crippen molar-refractivity contribution >= 4 is 17.3 Å². The minimum atomic E-state index is 0.506. The Bertz CT molecular complexity index is 576. The van der Waals surface area contributed by atoms with Crippen LogP contribution in [0.5, 0.6) is 0 Å². The van der Waals surface area contributed by atoms with Crippen LogP contribution in [-0.4, -0.2) is 9.97 Å². The molecule has 1 aromatic heterocycles. The van der Waals surface area contributed by atoms with E-state index in [4.69, 9.17) is 5.73 Å². The summed E-state index contributed by atoms with van der Waals surface area (Å²) in [5, 5.41) is 3.28. The van der Waals surface area contributed by atoms with Gasteiger partial charge in [-0.1, -0.05) is 12.1 Å². The molecular formula is C14H16N4. The maximum absolute atomic E-state index is 5.82. The summed E-state index contributed by atoms with van der Waals surface area (Å²) in [6, 6.07) is 9.95. The van der Waals surface area contributed by atoms with Crippen LogP contribution in [0.2, 0.25) is 0 Å². The zero-order valence-electron chi connectivity index (χ0n) is 10.4. The van der Waals surface area contributed by atoms with E-state index in [1.807, 2.05) is 12.1 Å². The monoisotopic (exact) mass is 240 g/mol. The van der Waals surface area contributed by atoms with Gasteiger partial charge in [-0.05, 0) is 37.5 Å². The molecule has 4 heteroatoms. The van der Waals surface area contributed by atoms with Crippen LogP contribution in [0.15, 0.2) is 30.3 Å². The van der Waals surface area contributed by atoms with Gasteiger partial charge in [-0.15, -0.1) is 0 Å². The average molecular weight is 240 g/mol. The summed E-state index contributed by atoms with van der Waals surface area (Å²) in [5.41, 5.74) is 8.05. The van der Waals surface area contributed by atoms with Gasteiger partial charge in [0.15, 0.2) is 0 Å². The molecule has 1 aliphatic carbocycles. The van der Waals surface area contributed by atoms with Crippen molar-refractivity contribution in [3.8, 4) is 0 Å². The van der Waals surface area contributed by atoms with Crippen LogP contribution in [-0.2, 0) is 0 Å². The number of nitrogens with two attached hydrogens (primary N) is 1. The zero-order valence-corrected chi connectivity index (χ0v) is 10.4. The van der Waals surface area contributed by atoms with Gasteiger partial charge in [0.2, 0.25) is 0 Å². The van der Waals surface area contributed by atoms with E-state index in [0.717, 1.165) is 17.3 Å². The third-order valence-corrected chi connectivity index (χ3v) is 3.00. The molecule has 18 heavy (non-hydrogen) atoms. The van der Waals surface area contributed by atoms with Crippen LogP contribution in [0.1, 0.15) is 30.1 Å². The third kappa shape index (κ3) is 2.42. The van der Waals surface area contributed by atoms with Gasteiger partial charge < -0.3 is 11.1 Å². The van der Waals surface area contributed by atoms with Crippen molar-refractivity contribution in [1.82, 2.24) is 9.97 Å². The molecule has 0 bridgehead atoms. The SMILES string of the molecule is Cc1cccc(Nc2cc(N)nc(C3CC3)n2)c1. The molecule has 0 spiro atoms. The Morgan fingerprint density at radius 3 is 2.78 bits per heavy atom. The van der Waals surface area contributed by atoms with Crippen LogP contribution >= 0.6 is 0 Å². The zero-order chi connectivity index (χ0) is 12.5. The number of benzene rings is 1. The lowest BCUT2D eigenvalue weighted by molar-refractivity contribution is 0.936. The molecule has 1 fully saturated rings. The third-order valence-electron chi connectivity index (χ3n) is 3.00. The fourth-order valence-electron chi connectivity index (χ4n) is 1.94. The number of nitrogens with zero attached hydrogens (tertiary/aromatic N) is 2. The van der Waals surface area contributed by atoms with E-state index in [9.17, 15) is 0 Å². The molecule has 1 aromatic carbocycles. The van der Waals surface area contributed by atoms with Crippen molar-refractivity contribution in [2.24, 2.45) is 0 Å². The Hall–Kier alpha value is -2.10. The number of aromatic nitrogens is 2. The topological polar surface area (TPSA) is 63.8 Å². The summed E-state index contributed by atoms with van der Waals surface area (Å²) in [6.07, 6.45) is 2.35. The van der Waals surface area contributed by atoms with Crippen LogP contribution in [0.3, 0.4) is 0 Å². The summed E-state index contributed by atoms with van der Waals surface area (Å²) >= 11 is 0. The minimum Gasteiger partial charge on any atom is -0.384 e. The summed E-state index contributed by atoms with van der Waals surface area (Å²) in [7, 11) is 0. The molecule has 0 amide bonds. The van der Waals surface area contributed by atoms with E-state index in [-0.39, 0.29) is 0 Å². The molecule has 0 unspecified atom stereocenters. The molecule has 0 atom stereocenters. The smallest absolute Gasteiger partial charge is 0.136 e. The highest BCUT2D eigenvalue weighted by Gasteiger charge is 2.27. The molecule has 2 aromatic rings. The van der Waals surface area contributed by atoms with Crippen LogP contribution in [0.4, 0.5) is 17.3 Å². The first kappa shape index (κ1) is 11.0. The number of aryl methyl sites for hydroxylation is 1. The largest absolute Gasteiger partial charge is 0.384 e. The number of hydrogen-bond donors (Lipinski definition) is 2. The molecule has 4 nitrogen and oxygen atoms in total. The quantitative estimate of drug-likeness (QED) is 0.865. The summed E-state index contributed by atoms with van der Waals surface area (Å²) < 4.78 is 0. The average Bonchev–Trinajstić information content (AvgIpc) is 3.11. The lowest BCUT2D eigenvalue weighted by Crippen LogP contribution is -2.02. The first-order valence-corrected chi connectivity index (χ1v) is 6.19. The number of hydrogen-bond acceptors (Lipinski definition) is 4. The van der Waals surface area contributed by atoms with Crippen LogP contribution in [0.25, 0.3) is 0 Å². The van der Waals surface area contributed by atoms with Gasteiger partial charge in [0, 0.05) is 17.7 Å². The predicted octanol–water partition coefficient (Wildman–Crippen LogP) is 2.99. The number of anilines is 3. The number of nitrogens with one attached hydrogen (secondary N) is 1. The molecule has 1 saturated carbocycles. The van der Waals surface area contributed by atoms with Crippen molar-refractivity contribution in [2.75, 3.05) is 11.1 Å². The number of nitrogen functional groups attached to an aromatic ring is 1. The predicted molar refractivity (Wildman–Crippen MR) is 72.9 cm³/mol. The first-order valence-electron chi connectivity index (χ1n) is 6.19. The highest BCUT2D eigenvalue weighted by atomic mass is 15.1. The Kier molecular flexibility index (Phi) is 2.63. The second-order valence-corrected chi connectivity index (χ2v) is 4.81. The van der Waals surface area contributed by atoms with Crippen molar-refractivity contribution < 1.29 is 0 Å². The molecule has 92 valence electrons. The van der Waals surface area contributed by atoms with Gasteiger partial charge in [-0.2, -0.15) is 0 Å². The van der Waals surface area contributed by atoms with Crippen molar-refractivity contribution in [3.63, 3.8) is 0 Å². The summed E-state index contributed by atoms with van der Waals surface area (Å²) in [4.78, 5) is 8.80. The number of rotatable bonds is 3. The van der Waals surface area contributed by atoms with Crippen molar-refractivity contribution in [3.05, 3.63) is 41.7 Å². The molecule has 3 rings (SSSR count). The fraction of sp³-hybridized carbons (Fsp3) is 0.286. The standard InChI is InChI=1S/C14H16N4/c1-9-3-2-4-11(7-9)16-13-8-12(15)17-14(18-13)10-5-6-10/h2-4,7-8,10H,5-6H2,1H3,(H3,15,16,17,18). The van der Waals surface area contributed by atoms with Crippen molar-refractivity contribution in [2.45, 2.75) is 25.7 Å². The Morgan fingerprint density at radius 2 is 2.06 bits per heavy atom. The highest BCUT2D eigenvalue weighted by Crippen LogP contribution is 2.38. The Balaban J connectivity index is 1.87. The van der Waals surface area contributed by atoms with E-state index >= 15 is 0 Å². The maximum atomic E-state index is 5.82. The van der Waals surface area contributed by atoms with E-state index in [1.54, 1.807) is 6.07 Å². The van der Waals surface area contributed by atoms with E-state index in [0.29, 0.717) is 11.7 Å². The molecule has 0 aliphatic heterocycles. The minimum absolute atomic E-state index is 0.506. The van der Waals surface area contributed by atoms with Crippen LogP contribution < -0.4 is 11.1 Å². The van der Waals surface area contributed by atoms with E-state index in [2.05, 4.69) is 34.3 Å². The van der Waals surface area contributed by atoms with E-state index in [1.165, 1.54) is 18.4 Å².